The van der Waals surface area contributed by atoms with Gasteiger partial charge < -0.3 is 5.73 Å². The summed E-state index contributed by atoms with van der Waals surface area (Å²) >= 11 is 0. The highest BCUT2D eigenvalue weighted by Crippen LogP contribution is 2.08. The van der Waals surface area contributed by atoms with Crippen LogP contribution in [0.1, 0.15) is 19.8 Å². The standard InChI is InChI=1S/C14H18N4.ClHO4/c1-2-3-9-16-14-10-12(15)11-17-18(14)13-7-5-4-6-8-13;2-1(3,4)5/h4-8,10-11H,2-3,9H2,1H3,(H2,15,16);(H,2,3,4,5). The Labute approximate surface area is 136 Å². The van der Waals surface area contributed by atoms with Gasteiger partial charge in [-0.25, -0.2) is 18.6 Å². The van der Waals surface area contributed by atoms with E-state index in [1.165, 1.54) is 0 Å². The first kappa shape index (κ1) is 19.1. The van der Waals surface area contributed by atoms with Crippen LogP contribution in [-0.2, 0) is 0 Å². The van der Waals surface area contributed by atoms with Crippen molar-refractivity contribution in [3.8, 4) is 5.69 Å². The van der Waals surface area contributed by atoms with E-state index in [9.17, 15) is 0 Å². The van der Waals surface area contributed by atoms with E-state index in [1.54, 1.807) is 6.20 Å². The summed E-state index contributed by atoms with van der Waals surface area (Å²) in [4.78, 5) is 0. The molecule has 0 amide bonds. The Bertz CT molecular complexity index is 587. The molecule has 0 atom stereocenters. The van der Waals surface area contributed by atoms with E-state index in [4.69, 9.17) is 24.4 Å². The van der Waals surface area contributed by atoms with Gasteiger partial charge in [0, 0.05) is 0 Å². The van der Waals surface area contributed by atoms with Gasteiger partial charge in [-0.1, -0.05) is 41.3 Å². The second kappa shape index (κ2) is 9.23. The molecule has 23 heavy (non-hydrogen) atoms. The highest BCUT2D eigenvalue weighted by molar-refractivity contribution is 5.44. The van der Waals surface area contributed by atoms with E-state index in [-0.39, 0.29) is 0 Å². The normalized spacial score (nSPS) is 10.7. The molecule has 0 radical (unpaired) electrons. The Hall–Kier alpha value is -1.97. The van der Waals surface area contributed by atoms with Crippen molar-refractivity contribution in [2.75, 3.05) is 17.6 Å². The van der Waals surface area contributed by atoms with Gasteiger partial charge in [0.15, 0.2) is 5.69 Å². The van der Waals surface area contributed by atoms with Gasteiger partial charge in [0.25, 0.3) is 0 Å². The molecule has 3 N–H and O–H groups in total. The fraction of sp³-hybridized carbons (Fsp3) is 0.286. The number of halogens is 1. The van der Waals surface area contributed by atoms with Crippen molar-refractivity contribution in [1.82, 2.24) is 5.10 Å². The minimum absolute atomic E-state index is 0.668. The minimum atomic E-state index is -4.94. The summed E-state index contributed by atoms with van der Waals surface area (Å²) < 4.78 is 35.8. The number of unbranched alkanes of at least 4 members (excludes halogenated alkanes) is 1. The predicted octanol–water partition coefficient (Wildman–Crippen LogP) is -2.60. The number of rotatable bonds is 5. The lowest BCUT2D eigenvalue weighted by Gasteiger charge is -2.17. The van der Waals surface area contributed by atoms with Crippen LogP contribution in [0.25, 0.3) is 5.69 Å². The molecule has 0 saturated carbocycles. The number of hydrogen-bond donors (Lipinski definition) is 2. The van der Waals surface area contributed by atoms with Crippen molar-refractivity contribution >= 4 is 11.5 Å². The largest absolute Gasteiger partial charge is 0.397 e. The van der Waals surface area contributed by atoms with E-state index in [0.29, 0.717) is 5.69 Å². The van der Waals surface area contributed by atoms with Crippen molar-refractivity contribution < 1.29 is 33.6 Å². The number of aromatic nitrogens is 2. The molecule has 2 rings (SSSR count). The quantitative estimate of drug-likeness (QED) is 0.447. The molecule has 0 aliphatic carbocycles. The molecule has 1 aromatic heterocycles. The molecule has 0 saturated heterocycles. The van der Waals surface area contributed by atoms with Crippen LogP contribution in [-0.4, -0.2) is 11.6 Å². The average Bonchev–Trinajstić information content (AvgIpc) is 2.47. The second-order valence-electron chi connectivity index (χ2n) is 4.58. The first-order valence-corrected chi connectivity index (χ1v) is 8.13. The molecule has 0 aliphatic heterocycles. The van der Waals surface area contributed by atoms with E-state index in [0.717, 1.165) is 30.9 Å². The lowest BCUT2D eigenvalue weighted by atomic mass is 10.3. The van der Waals surface area contributed by atoms with Gasteiger partial charge in [-0.3, -0.25) is 5.32 Å². The maximum absolute atomic E-state index is 8.49. The Morgan fingerprint density at radius 2 is 1.78 bits per heavy atom. The van der Waals surface area contributed by atoms with Crippen LogP contribution >= 0.6 is 0 Å². The van der Waals surface area contributed by atoms with Crippen LogP contribution in [0.3, 0.4) is 0 Å². The van der Waals surface area contributed by atoms with Gasteiger partial charge in [-0.2, -0.15) is 0 Å². The first-order chi connectivity index (χ1) is 10.8. The molecule has 1 heterocycles. The van der Waals surface area contributed by atoms with Gasteiger partial charge in [-0.15, -0.1) is 10.2 Å². The third-order valence-corrected chi connectivity index (χ3v) is 2.69. The van der Waals surface area contributed by atoms with Crippen LogP contribution < -0.4 is 34.4 Å². The monoisotopic (exact) mass is 342 g/mol. The molecule has 126 valence electrons. The van der Waals surface area contributed by atoms with Crippen molar-refractivity contribution in [2.45, 2.75) is 19.8 Å². The highest BCUT2D eigenvalue weighted by Gasteiger charge is 2.12. The maximum Gasteiger partial charge on any atom is 0.302 e. The lowest BCUT2D eigenvalue weighted by molar-refractivity contribution is -2.00. The van der Waals surface area contributed by atoms with Gasteiger partial charge in [0.1, 0.15) is 0 Å². The fourth-order valence-electron chi connectivity index (χ4n) is 1.74. The summed E-state index contributed by atoms with van der Waals surface area (Å²) in [6, 6.07) is 11.9. The zero-order valence-corrected chi connectivity index (χ0v) is 13.4. The number of nitrogen functional groups attached to an aromatic ring is 1. The highest BCUT2D eigenvalue weighted by atomic mass is 35.7. The fourth-order valence-corrected chi connectivity index (χ4v) is 1.74. The number of para-hydroxylation sites is 1. The minimum Gasteiger partial charge on any atom is -0.397 e. The summed E-state index contributed by atoms with van der Waals surface area (Å²) in [6.45, 7) is 3.10. The molecule has 0 unspecified atom stereocenters. The summed E-state index contributed by atoms with van der Waals surface area (Å²) in [7, 11) is -4.94. The molecule has 9 heteroatoms. The Balaban J connectivity index is 0.000000463. The number of nitrogens with two attached hydrogens (primary N) is 1. The summed E-state index contributed by atoms with van der Waals surface area (Å²) in [6.07, 6.45) is 3.95. The van der Waals surface area contributed by atoms with Crippen LogP contribution in [0.2, 0.25) is 0 Å². The van der Waals surface area contributed by atoms with Gasteiger partial charge >= 0.3 is 5.82 Å². The van der Waals surface area contributed by atoms with Crippen molar-refractivity contribution in [2.24, 2.45) is 0 Å². The van der Waals surface area contributed by atoms with Gasteiger partial charge in [0.2, 0.25) is 0 Å². The van der Waals surface area contributed by atoms with Crippen LogP contribution in [0.15, 0.2) is 42.6 Å². The average molecular weight is 343 g/mol. The molecule has 0 bridgehead atoms. The first-order valence-electron chi connectivity index (χ1n) is 6.90. The topological polar surface area (TPSA) is 147 Å². The third-order valence-electron chi connectivity index (χ3n) is 2.69. The molecule has 0 aliphatic rings. The zero-order valence-electron chi connectivity index (χ0n) is 12.6. The van der Waals surface area contributed by atoms with Gasteiger partial charge in [-0.05, 0) is 18.6 Å². The Kier molecular flexibility index (Phi) is 7.66. The number of nitrogens with one attached hydrogen (secondary N) is 1. The number of benzene rings is 1. The molecular weight excluding hydrogens is 324 g/mol. The third kappa shape index (κ3) is 8.29. The van der Waals surface area contributed by atoms with Gasteiger partial charge in [0.05, 0.1) is 24.5 Å². The number of anilines is 2. The number of hydrogen-bond acceptors (Lipinski definition) is 7. The molecule has 1 aromatic carbocycles. The van der Waals surface area contributed by atoms with E-state index >= 15 is 0 Å². The molecule has 2 aromatic rings. The molecular formula is C14H19ClN4O4. The van der Waals surface area contributed by atoms with Crippen LogP contribution in [0.4, 0.5) is 11.5 Å². The SMILES string of the molecule is CCCCNc1cc(N)cn[n+]1-c1ccccc1.[O-][Cl+3]([O-])([O-])[O-]. The van der Waals surface area contributed by atoms with E-state index in [1.807, 2.05) is 41.1 Å². The summed E-state index contributed by atoms with van der Waals surface area (Å²) in [5.74, 6) is 0.926. The van der Waals surface area contributed by atoms with Crippen molar-refractivity contribution in [3.05, 3.63) is 42.6 Å². The smallest absolute Gasteiger partial charge is 0.302 e. The van der Waals surface area contributed by atoms with Crippen LogP contribution in [0.5, 0.6) is 0 Å². The summed E-state index contributed by atoms with van der Waals surface area (Å²) in [5.41, 5.74) is 7.49. The van der Waals surface area contributed by atoms with Crippen molar-refractivity contribution in [1.29, 1.82) is 0 Å². The lowest BCUT2D eigenvalue weighted by Crippen LogP contribution is -2.68. The maximum atomic E-state index is 8.49. The van der Waals surface area contributed by atoms with Crippen LogP contribution in [0, 0.1) is 10.2 Å². The second-order valence-corrected chi connectivity index (χ2v) is 5.34. The Morgan fingerprint density at radius 1 is 1.17 bits per heavy atom. The molecule has 0 spiro atoms. The zero-order chi connectivity index (χ0) is 17.3. The van der Waals surface area contributed by atoms with Crippen molar-refractivity contribution in [3.63, 3.8) is 0 Å². The van der Waals surface area contributed by atoms with E-state index in [2.05, 4.69) is 17.3 Å². The predicted molar refractivity (Wildman–Crippen MR) is 73.6 cm³/mol. The molecule has 0 fully saturated rings. The van der Waals surface area contributed by atoms with E-state index < -0.39 is 10.2 Å². The summed E-state index contributed by atoms with van der Waals surface area (Å²) in [5, 5.41) is 7.73. The Morgan fingerprint density at radius 3 is 2.35 bits per heavy atom. The number of nitrogens with zero attached hydrogens (tertiary/aromatic N) is 2. The molecule has 8 nitrogen and oxygen atoms in total.